The molecule has 1 heterocycles. The molecule has 3 rings (SSSR count). The van der Waals surface area contributed by atoms with E-state index in [4.69, 9.17) is 4.74 Å². The first-order valence-corrected chi connectivity index (χ1v) is 8.60. The molecule has 0 fully saturated rings. The second kappa shape index (κ2) is 7.53. The number of hydrogen-bond donors (Lipinski definition) is 1. The smallest absolute Gasteiger partial charge is 0.255 e. The molecule has 1 N–H and O–H groups in total. The Morgan fingerprint density at radius 2 is 1.92 bits per heavy atom. The highest BCUT2D eigenvalue weighted by molar-refractivity contribution is 9.10. The molecule has 6 heteroatoms. The fourth-order valence-electron chi connectivity index (χ4n) is 2.29. The molecule has 0 aliphatic rings. The number of anilines is 1. The summed E-state index contributed by atoms with van der Waals surface area (Å²) in [6, 6.07) is 15.1. The molecule has 0 aliphatic carbocycles. The Morgan fingerprint density at radius 3 is 2.56 bits per heavy atom. The van der Waals surface area contributed by atoms with E-state index in [1.165, 1.54) is 0 Å². The average Bonchev–Trinajstić information content (AvgIpc) is 2.93. The van der Waals surface area contributed by atoms with Gasteiger partial charge < -0.3 is 10.1 Å². The molecule has 0 bridgehead atoms. The number of benzene rings is 2. The molecule has 0 saturated carbocycles. The number of rotatable bonds is 5. The first-order valence-electron chi connectivity index (χ1n) is 7.81. The van der Waals surface area contributed by atoms with Crippen molar-refractivity contribution in [1.29, 1.82) is 0 Å². The molecular weight excluding hydrogens is 382 g/mol. The van der Waals surface area contributed by atoms with Crippen LogP contribution in [-0.2, 0) is 13.7 Å². The van der Waals surface area contributed by atoms with Gasteiger partial charge in [0.2, 0.25) is 0 Å². The lowest BCUT2D eigenvalue weighted by Crippen LogP contribution is -2.12. The van der Waals surface area contributed by atoms with Gasteiger partial charge in [0.25, 0.3) is 5.91 Å². The maximum atomic E-state index is 12.3. The van der Waals surface area contributed by atoms with Crippen molar-refractivity contribution in [2.24, 2.45) is 7.05 Å². The third-order valence-corrected chi connectivity index (χ3v) is 4.59. The molecule has 1 amide bonds. The largest absolute Gasteiger partial charge is 0.488 e. The summed E-state index contributed by atoms with van der Waals surface area (Å²) in [7, 11) is 1.84. The van der Waals surface area contributed by atoms with Gasteiger partial charge in [-0.2, -0.15) is 5.10 Å². The van der Waals surface area contributed by atoms with Gasteiger partial charge in [-0.3, -0.25) is 9.48 Å². The Morgan fingerprint density at radius 1 is 1.20 bits per heavy atom. The van der Waals surface area contributed by atoms with Crippen LogP contribution < -0.4 is 10.1 Å². The van der Waals surface area contributed by atoms with Gasteiger partial charge in [-0.25, -0.2) is 0 Å². The zero-order valence-electron chi connectivity index (χ0n) is 14.0. The highest BCUT2D eigenvalue weighted by Crippen LogP contribution is 2.24. The van der Waals surface area contributed by atoms with E-state index in [0.29, 0.717) is 17.9 Å². The summed E-state index contributed by atoms with van der Waals surface area (Å²) in [6.07, 6.45) is 1.65. The lowest BCUT2D eigenvalue weighted by atomic mass is 10.1. The Kier molecular flexibility index (Phi) is 5.19. The summed E-state index contributed by atoms with van der Waals surface area (Å²) in [5, 5.41) is 6.99. The number of nitrogens with zero attached hydrogens (tertiary/aromatic N) is 2. The lowest BCUT2D eigenvalue weighted by molar-refractivity contribution is 0.102. The van der Waals surface area contributed by atoms with Crippen LogP contribution in [0.1, 0.15) is 21.6 Å². The number of carbonyl (C=O) groups excluding carboxylic acids is 1. The number of aromatic nitrogens is 2. The third kappa shape index (κ3) is 4.09. The Balaban J connectivity index is 1.62. The van der Waals surface area contributed by atoms with Crippen molar-refractivity contribution in [3.05, 3.63) is 76.0 Å². The van der Waals surface area contributed by atoms with Gasteiger partial charge in [-0.1, -0.05) is 24.3 Å². The zero-order valence-corrected chi connectivity index (χ0v) is 15.6. The minimum atomic E-state index is -0.158. The van der Waals surface area contributed by atoms with E-state index in [1.807, 2.05) is 50.4 Å². The molecule has 2 aromatic carbocycles. The molecule has 0 unspecified atom stereocenters. The summed E-state index contributed by atoms with van der Waals surface area (Å²) in [5.41, 5.74) is 3.21. The maximum Gasteiger partial charge on any atom is 0.255 e. The van der Waals surface area contributed by atoms with Crippen LogP contribution in [-0.4, -0.2) is 15.7 Å². The van der Waals surface area contributed by atoms with Gasteiger partial charge in [0, 0.05) is 12.6 Å². The van der Waals surface area contributed by atoms with E-state index >= 15 is 0 Å². The standard InChI is InChI=1S/C19H18BrN3O2/c1-13-17(11-21-23(13)2)22-19(24)15-9-7-14(8-10-15)12-25-18-6-4-3-5-16(18)20/h3-11H,12H2,1-2H3,(H,22,24). The Hall–Kier alpha value is -2.60. The summed E-state index contributed by atoms with van der Waals surface area (Å²) >= 11 is 3.45. The van der Waals surface area contributed by atoms with Gasteiger partial charge in [-0.05, 0) is 52.7 Å². The van der Waals surface area contributed by atoms with Crippen LogP contribution in [0.2, 0.25) is 0 Å². The van der Waals surface area contributed by atoms with Crippen molar-refractivity contribution in [3.8, 4) is 5.75 Å². The predicted molar refractivity (Wildman–Crippen MR) is 101 cm³/mol. The molecule has 25 heavy (non-hydrogen) atoms. The minimum Gasteiger partial charge on any atom is -0.488 e. The van der Waals surface area contributed by atoms with E-state index in [9.17, 15) is 4.79 Å². The third-order valence-electron chi connectivity index (χ3n) is 3.93. The number of nitrogens with one attached hydrogen (secondary N) is 1. The number of para-hydroxylation sites is 1. The topological polar surface area (TPSA) is 56.1 Å². The van der Waals surface area contributed by atoms with E-state index < -0.39 is 0 Å². The van der Waals surface area contributed by atoms with Gasteiger partial charge in [0.1, 0.15) is 12.4 Å². The second-order valence-corrected chi connectivity index (χ2v) is 6.49. The number of amides is 1. The highest BCUT2D eigenvalue weighted by atomic mass is 79.9. The molecule has 1 aromatic heterocycles. The van der Waals surface area contributed by atoms with E-state index in [-0.39, 0.29) is 5.91 Å². The molecule has 0 aliphatic heterocycles. The van der Waals surface area contributed by atoms with Crippen molar-refractivity contribution in [2.45, 2.75) is 13.5 Å². The molecule has 3 aromatic rings. The molecule has 0 saturated heterocycles. The molecule has 5 nitrogen and oxygen atoms in total. The summed E-state index contributed by atoms with van der Waals surface area (Å²) in [4.78, 5) is 12.3. The van der Waals surface area contributed by atoms with Gasteiger partial charge in [0.05, 0.1) is 22.1 Å². The predicted octanol–water partition coefficient (Wildman–Crippen LogP) is 4.32. The van der Waals surface area contributed by atoms with E-state index in [1.54, 1.807) is 23.0 Å². The van der Waals surface area contributed by atoms with Crippen molar-refractivity contribution < 1.29 is 9.53 Å². The van der Waals surface area contributed by atoms with Gasteiger partial charge in [0.15, 0.2) is 0 Å². The Labute approximate surface area is 154 Å². The van der Waals surface area contributed by atoms with Crippen LogP contribution in [0.5, 0.6) is 5.75 Å². The van der Waals surface area contributed by atoms with Crippen LogP contribution in [0, 0.1) is 6.92 Å². The number of ether oxygens (including phenoxy) is 1. The average molecular weight is 400 g/mol. The molecule has 0 spiro atoms. The molecular formula is C19H18BrN3O2. The quantitative estimate of drug-likeness (QED) is 0.694. The fraction of sp³-hybridized carbons (Fsp3) is 0.158. The molecule has 128 valence electrons. The number of halogens is 1. The summed E-state index contributed by atoms with van der Waals surface area (Å²) in [6.45, 7) is 2.34. The van der Waals surface area contributed by atoms with Crippen molar-refractivity contribution in [2.75, 3.05) is 5.32 Å². The van der Waals surface area contributed by atoms with Crippen molar-refractivity contribution in [1.82, 2.24) is 9.78 Å². The monoisotopic (exact) mass is 399 g/mol. The number of hydrogen-bond acceptors (Lipinski definition) is 3. The van der Waals surface area contributed by atoms with Gasteiger partial charge in [-0.15, -0.1) is 0 Å². The summed E-state index contributed by atoms with van der Waals surface area (Å²) < 4.78 is 8.41. The van der Waals surface area contributed by atoms with Crippen LogP contribution >= 0.6 is 15.9 Å². The summed E-state index contributed by atoms with van der Waals surface area (Å²) in [5.74, 6) is 0.630. The normalized spacial score (nSPS) is 10.5. The van der Waals surface area contributed by atoms with E-state index in [2.05, 4.69) is 26.3 Å². The van der Waals surface area contributed by atoms with Crippen LogP contribution in [0.15, 0.2) is 59.2 Å². The zero-order chi connectivity index (χ0) is 17.8. The van der Waals surface area contributed by atoms with Gasteiger partial charge >= 0.3 is 0 Å². The fourth-order valence-corrected chi connectivity index (χ4v) is 2.69. The number of aryl methyl sites for hydroxylation is 1. The lowest BCUT2D eigenvalue weighted by Gasteiger charge is -2.09. The van der Waals surface area contributed by atoms with E-state index in [0.717, 1.165) is 21.5 Å². The van der Waals surface area contributed by atoms with Crippen molar-refractivity contribution >= 4 is 27.5 Å². The second-order valence-electron chi connectivity index (χ2n) is 5.64. The van der Waals surface area contributed by atoms with Crippen LogP contribution in [0.4, 0.5) is 5.69 Å². The van der Waals surface area contributed by atoms with Crippen LogP contribution in [0.25, 0.3) is 0 Å². The SMILES string of the molecule is Cc1c(NC(=O)c2ccc(COc3ccccc3Br)cc2)cnn1C. The number of carbonyl (C=O) groups is 1. The molecule has 0 radical (unpaired) electrons. The first kappa shape index (κ1) is 17.2. The van der Waals surface area contributed by atoms with Crippen LogP contribution in [0.3, 0.4) is 0 Å². The minimum absolute atomic E-state index is 0.158. The highest BCUT2D eigenvalue weighted by Gasteiger charge is 2.10. The first-order chi connectivity index (χ1) is 12.0. The maximum absolute atomic E-state index is 12.3. The Bertz CT molecular complexity index is 888. The van der Waals surface area contributed by atoms with Crippen molar-refractivity contribution in [3.63, 3.8) is 0 Å². The molecule has 0 atom stereocenters.